The van der Waals surface area contributed by atoms with Gasteiger partial charge in [0.1, 0.15) is 17.3 Å². The molecule has 0 N–H and O–H groups in total. The van der Waals surface area contributed by atoms with Crippen LogP contribution in [0.5, 0.6) is 0 Å². The Morgan fingerprint density at radius 3 is 2.38 bits per heavy atom. The summed E-state index contributed by atoms with van der Waals surface area (Å²) in [6.45, 7) is 6.63. The molecule has 5 heteroatoms. The van der Waals surface area contributed by atoms with Crippen molar-refractivity contribution in [2.24, 2.45) is 10.9 Å². The molecule has 3 rings (SSSR count). The van der Waals surface area contributed by atoms with Gasteiger partial charge in [-0.05, 0) is 52.0 Å². The lowest BCUT2D eigenvalue weighted by molar-refractivity contribution is -0.119. The number of hydrogen-bond acceptors (Lipinski definition) is 4. The Morgan fingerprint density at radius 2 is 1.77 bits per heavy atom. The minimum Gasteiger partial charge on any atom is -0.460 e. The van der Waals surface area contributed by atoms with Crippen LogP contribution in [0.4, 0.5) is 0 Å². The van der Waals surface area contributed by atoms with E-state index >= 15 is 0 Å². The molecular formula is C21H20ClNO3. The molecule has 1 aliphatic heterocycles. The first-order valence-electron chi connectivity index (χ1n) is 8.43. The number of furan rings is 1. The Balaban J connectivity index is 2.14. The first kappa shape index (κ1) is 18.3. The number of benzene rings is 1. The number of nitrogens with zero attached hydrogens (tertiary/aromatic N) is 1. The van der Waals surface area contributed by atoms with Crippen molar-refractivity contribution in [1.29, 1.82) is 0 Å². The molecule has 0 bridgehead atoms. The predicted octanol–water partition coefficient (Wildman–Crippen LogP) is 5.23. The van der Waals surface area contributed by atoms with Crippen LogP contribution < -0.4 is 0 Å². The minimum absolute atomic E-state index is 0.0433. The van der Waals surface area contributed by atoms with E-state index in [1.54, 1.807) is 13.0 Å². The van der Waals surface area contributed by atoms with E-state index in [0.717, 1.165) is 5.56 Å². The van der Waals surface area contributed by atoms with E-state index in [1.807, 2.05) is 37.3 Å². The molecule has 134 valence electrons. The summed E-state index contributed by atoms with van der Waals surface area (Å²) in [6, 6.07) is 11.0. The van der Waals surface area contributed by atoms with Gasteiger partial charge in [0.25, 0.3) is 0 Å². The molecule has 26 heavy (non-hydrogen) atoms. The van der Waals surface area contributed by atoms with Gasteiger partial charge in [0.05, 0.1) is 16.9 Å². The number of aliphatic imine (C=N–C) groups is 1. The summed E-state index contributed by atoms with van der Waals surface area (Å²) in [5, 5.41) is 0.580. The van der Waals surface area contributed by atoms with Gasteiger partial charge >= 0.3 is 0 Å². The molecule has 0 saturated carbocycles. The fourth-order valence-electron chi connectivity index (χ4n) is 3.66. The molecule has 2 atom stereocenters. The van der Waals surface area contributed by atoms with Crippen molar-refractivity contribution in [3.05, 3.63) is 58.5 Å². The molecule has 1 aromatic carbocycles. The highest BCUT2D eigenvalue weighted by molar-refractivity contribution is 6.33. The fraction of sp³-hybridized carbons (Fsp3) is 0.286. The first-order chi connectivity index (χ1) is 12.3. The van der Waals surface area contributed by atoms with Crippen molar-refractivity contribution in [1.82, 2.24) is 0 Å². The number of ketones is 2. The third kappa shape index (κ3) is 3.17. The van der Waals surface area contributed by atoms with Crippen molar-refractivity contribution in [2.75, 3.05) is 0 Å². The van der Waals surface area contributed by atoms with Gasteiger partial charge in [-0.2, -0.15) is 0 Å². The zero-order valence-corrected chi connectivity index (χ0v) is 15.9. The second-order valence-electron chi connectivity index (χ2n) is 6.56. The Bertz CT molecular complexity index is 952. The summed E-state index contributed by atoms with van der Waals surface area (Å²) in [5.74, 6) is 0.0398. The zero-order valence-electron chi connectivity index (χ0n) is 15.2. The first-order valence-corrected chi connectivity index (χ1v) is 8.81. The Labute approximate surface area is 157 Å². The van der Waals surface area contributed by atoms with Crippen molar-refractivity contribution in [3.63, 3.8) is 0 Å². The number of allylic oxidation sites excluding steroid dienone is 2. The molecule has 2 aromatic rings. The normalized spacial score (nSPS) is 20.1. The highest BCUT2D eigenvalue weighted by Crippen LogP contribution is 2.42. The van der Waals surface area contributed by atoms with E-state index < -0.39 is 11.8 Å². The minimum atomic E-state index is -0.511. The van der Waals surface area contributed by atoms with Crippen LogP contribution in [-0.4, -0.2) is 17.3 Å². The lowest BCUT2D eigenvalue weighted by atomic mass is 9.75. The number of Topliss-reactive ketones (excluding diaryl/α,β-unsaturated/α-hetero) is 2. The van der Waals surface area contributed by atoms with Gasteiger partial charge in [-0.1, -0.05) is 23.7 Å². The van der Waals surface area contributed by atoms with Crippen LogP contribution in [0.1, 0.15) is 39.4 Å². The zero-order chi connectivity index (χ0) is 19.0. The van der Waals surface area contributed by atoms with E-state index in [2.05, 4.69) is 4.99 Å². The van der Waals surface area contributed by atoms with Crippen molar-refractivity contribution < 1.29 is 14.0 Å². The van der Waals surface area contributed by atoms with Gasteiger partial charge in [-0.15, -0.1) is 0 Å². The number of carbonyl (C=O) groups is 2. The molecule has 1 unspecified atom stereocenters. The van der Waals surface area contributed by atoms with Crippen molar-refractivity contribution >= 4 is 28.9 Å². The lowest BCUT2D eigenvalue weighted by Gasteiger charge is -2.29. The second kappa shape index (κ2) is 7.04. The average Bonchev–Trinajstić information content (AvgIpc) is 3.03. The fourth-order valence-corrected chi connectivity index (χ4v) is 3.89. The Kier molecular flexibility index (Phi) is 4.97. The molecule has 0 fully saturated rings. The number of hydrogen-bond donors (Lipinski definition) is 0. The highest BCUT2D eigenvalue weighted by Gasteiger charge is 2.39. The Morgan fingerprint density at radius 1 is 1.08 bits per heavy atom. The van der Waals surface area contributed by atoms with Crippen molar-refractivity contribution in [2.45, 2.75) is 33.6 Å². The van der Waals surface area contributed by atoms with Crippen LogP contribution in [0.15, 0.2) is 57.1 Å². The molecule has 2 heterocycles. The maximum absolute atomic E-state index is 12.3. The smallest absolute Gasteiger partial charge is 0.158 e. The third-order valence-corrected chi connectivity index (χ3v) is 5.05. The third-order valence-electron chi connectivity index (χ3n) is 4.72. The maximum Gasteiger partial charge on any atom is 0.158 e. The van der Waals surface area contributed by atoms with Crippen molar-refractivity contribution in [3.8, 4) is 11.3 Å². The monoisotopic (exact) mass is 369 g/mol. The molecule has 0 spiro atoms. The molecule has 4 nitrogen and oxygen atoms in total. The highest BCUT2D eigenvalue weighted by atomic mass is 35.5. The molecule has 0 amide bonds. The summed E-state index contributed by atoms with van der Waals surface area (Å²) in [7, 11) is 0. The standard InChI is InChI=1S/C21H20ClNO3/c1-11-19(13(3)24)21(20(14(4)25)12(2)23-11)18-10-9-17(26-18)15-7-5-6-8-16(15)22/h5-10,19,21H,1-4H3/t19?,21-/m0/s1. The van der Waals surface area contributed by atoms with E-state index in [-0.39, 0.29) is 11.6 Å². The summed E-state index contributed by atoms with van der Waals surface area (Å²) in [4.78, 5) is 29.1. The lowest BCUT2D eigenvalue weighted by Crippen LogP contribution is -2.33. The molecule has 0 radical (unpaired) electrons. The van der Waals surface area contributed by atoms with Gasteiger partial charge < -0.3 is 4.42 Å². The number of halogens is 1. The molecule has 0 saturated heterocycles. The van der Waals surface area contributed by atoms with Gasteiger partial charge in [0.2, 0.25) is 0 Å². The molecule has 1 aromatic heterocycles. The number of carbonyl (C=O) groups excluding carboxylic acids is 2. The quantitative estimate of drug-likeness (QED) is 0.741. The summed E-state index contributed by atoms with van der Waals surface area (Å²) in [5.41, 5.74) is 2.62. The van der Waals surface area contributed by atoms with Crippen LogP contribution in [-0.2, 0) is 9.59 Å². The van der Waals surface area contributed by atoms with E-state index in [9.17, 15) is 9.59 Å². The maximum atomic E-state index is 12.3. The van der Waals surface area contributed by atoms with Crippen LogP contribution in [0.3, 0.4) is 0 Å². The largest absolute Gasteiger partial charge is 0.460 e. The summed E-state index contributed by atoms with van der Waals surface area (Å²) >= 11 is 6.26. The summed E-state index contributed by atoms with van der Waals surface area (Å²) < 4.78 is 6.07. The van der Waals surface area contributed by atoms with E-state index in [4.69, 9.17) is 16.0 Å². The van der Waals surface area contributed by atoms with Gasteiger partial charge in [-0.25, -0.2) is 0 Å². The van der Waals surface area contributed by atoms with Crippen LogP contribution in [0, 0.1) is 5.92 Å². The van der Waals surface area contributed by atoms with Crippen LogP contribution in [0.2, 0.25) is 5.02 Å². The summed E-state index contributed by atoms with van der Waals surface area (Å²) in [6.07, 6.45) is 0. The number of rotatable bonds is 4. The van der Waals surface area contributed by atoms with Gasteiger partial charge in [0, 0.05) is 22.5 Å². The SMILES string of the molecule is CC(=O)C1=C(C)N=C(C)C(C(C)=O)[C@@H]1c1ccc(-c2ccccc2Cl)o1. The molecule has 0 aliphatic carbocycles. The Hall–Kier alpha value is -2.46. The molecule has 1 aliphatic rings. The van der Waals surface area contributed by atoms with Gasteiger partial charge in [-0.3, -0.25) is 14.6 Å². The van der Waals surface area contributed by atoms with E-state index in [1.165, 1.54) is 13.8 Å². The predicted molar refractivity (Wildman–Crippen MR) is 103 cm³/mol. The average molecular weight is 370 g/mol. The van der Waals surface area contributed by atoms with Crippen LogP contribution in [0.25, 0.3) is 11.3 Å². The van der Waals surface area contributed by atoms with Crippen LogP contribution >= 0.6 is 11.6 Å². The topological polar surface area (TPSA) is 59.6 Å². The van der Waals surface area contributed by atoms with Gasteiger partial charge in [0.15, 0.2) is 5.78 Å². The second-order valence-corrected chi connectivity index (χ2v) is 6.96. The molecular weight excluding hydrogens is 350 g/mol. The van der Waals surface area contributed by atoms with E-state index in [0.29, 0.717) is 33.5 Å².